The van der Waals surface area contributed by atoms with Crippen LogP contribution in [0.25, 0.3) is 0 Å². The molecule has 0 saturated heterocycles. The van der Waals surface area contributed by atoms with Crippen LogP contribution in [0.2, 0.25) is 0 Å². The largest absolute Gasteiger partial charge is 0.353 e. The summed E-state index contributed by atoms with van der Waals surface area (Å²) in [7, 11) is 0. The molecule has 0 bridgehead atoms. The summed E-state index contributed by atoms with van der Waals surface area (Å²) in [6, 6.07) is 7.75. The summed E-state index contributed by atoms with van der Waals surface area (Å²) in [4.78, 5) is 13.5. The molecule has 1 amide bonds. The van der Waals surface area contributed by atoms with Crippen molar-refractivity contribution < 1.29 is 13.6 Å². The van der Waals surface area contributed by atoms with Gasteiger partial charge in [-0.1, -0.05) is 12.1 Å². The van der Waals surface area contributed by atoms with Crippen LogP contribution in [0.1, 0.15) is 37.6 Å². The topological polar surface area (TPSA) is 29.1 Å². The van der Waals surface area contributed by atoms with Gasteiger partial charge in [-0.05, 0) is 62.8 Å². The van der Waals surface area contributed by atoms with Crippen molar-refractivity contribution in [2.45, 2.75) is 45.1 Å². The third-order valence-corrected chi connectivity index (χ3v) is 5.13. The van der Waals surface area contributed by atoms with Crippen molar-refractivity contribution in [3.05, 3.63) is 57.8 Å². The lowest BCUT2D eigenvalue weighted by Crippen LogP contribution is -2.43. The first kappa shape index (κ1) is 17.6. The van der Waals surface area contributed by atoms with Crippen LogP contribution in [0.5, 0.6) is 0 Å². The van der Waals surface area contributed by atoms with Gasteiger partial charge < -0.3 is 5.32 Å². The second kappa shape index (κ2) is 7.21. The molecule has 1 atom stereocenters. The van der Waals surface area contributed by atoms with E-state index in [1.807, 2.05) is 38.3 Å². The summed E-state index contributed by atoms with van der Waals surface area (Å²) in [6.07, 6.45) is 1.25. The first-order valence-electron chi connectivity index (χ1n) is 7.59. The van der Waals surface area contributed by atoms with E-state index in [1.165, 1.54) is 6.07 Å². The average molecular weight is 337 g/mol. The van der Waals surface area contributed by atoms with E-state index >= 15 is 0 Å². The van der Waals surface area contributed by atoms with Gasteiger partial charge in [0.25, 0.3) is 0 Å². The number of benzene rings is 1. The number of rotatable bonds is 6. The molecule has 2 rings (SSSR count). The molecule has 124 valence electrons. The van der Waals surface area contributed by atoms with Crippen LogP contribution in [-0.2, 0) is 16.6 Å². The number of carbonyl (C=O) groups excluding carboxylic acids is 1. The molecule has 23 heavy (non-hydrogen) atoms. The molecule has 1 N–H and O–H groups in total. The van der Waals surface area contributed by atoms with Gasteiger partial charge in [0, 0.05) is 10.9 Å². The monoisotopic (exact) mass is 337 g/mol. The Morgan fingerprint density at radius 1 is 1.26 bits per heavy atom. The van der Waals surface area contributed by atoms with Gasteiger partial charge in [-0.25, -0.2) is 8.78 Å². The zero-order valence-electron chi connectivity index (χ0n) is 13.5. The lowest BCUT2D eigenvalue weighted by molar-refractivity contribution is -0.126. The number of thiophene rings is 1. The van der Waals surface area contributed by atoms with Crippen molar-refractivity contribution in [2.75, 3.05) is 0 Å². The van der Waals surface area contributed by atoms with E-state index < -0.39 is 17.0 Å². The lowest BCUT2D eigenvalue weighted by Gasteiger charge is -2.25. The molecule has 2 aromatic rings. The third-order valence-electron chi connectivity index (χ3n) is 3.93. The van der Waals surface area contributed by atoms with E-state index in [0.717, 1.165) is 16.5 Å². The van der Waals surface area contributed by atoms with Gasteiger partial charge in [0.15, 0.2) is 11.6 Å². The van der Waals surface area contributed by atoms with E-state index in [9.17, 15) is 13.6 Å². The highest BCUT2D eigenvalue weighted by atomic mass is 32.1. The number of hydrogen-bond acceptors (Lipinski definition) is 2. The SMILES string of the molecule is CC(CCc1ccc(F)c(F)c1)NC(=O)C(C)(C)c1cccs1. The molecule has 2 nitrogen and oxygen atoms in total. The van der Waals surface area contributed by atoms with Crippen molar-refractivity contribution >= 4 is 17.2 Å². The van der Waals surface area contributed by atoms with E-state index in [0.29, 0.717) is 12.8 Å². The van der Waals surface area contributed by atoms with Gasteiger partial charge in [-0.2, -0.15) is 0 Å². The predicted molar refractivity (Wildman–Crippen MR) is 89.6 cm³/mol. The minimum Gasteiger partial charge on any atom is -0.353 e. The number of nitrogens with one attached hydrogen (secondary N) is 1. The Hall–Kier alpha value is -1.75. The number of halogens is 2. The summed E-state index contributed by atoms with van der Waals surface area (Å²) in [6.45, 7) is 5.72. The fourth-order valence-corrected chi connectivity index (χ4v) is 3.15. The predicted octanol–water partition coefficient (Wildman–Crippen LogP) is 4.44. The second-order valence-corrected chi connectivity index (χ2v) is 7.21. The van der Waals surface area contributed by atoms with Gasteiger partial charge >= 0.3 is 0 Å². The number of carbonyl (C=O) groups is 1. The van der Waals surface area contributed by atoms with Crippen molar-refractivity contribution in [1.29, 1.82) is 0 Å². The maximum absolute atomic E-state index is 13.2. The van der Waals surface area contributed by atoms with E-state index in [2.05, 4.69) is 5.32 Å². The van der Waals surface area contributed by atoms with Gasteiger partial charge in [0.1, 0.15) is 0 Å². The van der Waals surface area contributed by atoms with E-state index in [-0.39, 0.29) is 11.9 Å². The summed E-state index contributed by atoms with van der Waals surface area (Å²) in [5.41, 5.74) is 0.146. The van der Waals surface area contributed by atoms with Crippen LogP contribution in [0.4, 0.5) is 8.78 Å². The molecule has 1 heterocycles. The molecule has 1 aromatic heterocycles. The molecule has 0 aliphatic carbocycles. The molecule has 0 aliphatic heterocycles. The minimum atomic E-state index is -0.840. The fourth-order valence-electron chi connectivity index (χ4n) is 2.30. The highest BCUT2D eigenvalue weighted by Crippen LogP contribution is 2.27. The van der Waals surface area contributed by atoms with Crippen LogP contribution in [0.3, 0.4) is 0 Å². The molecule has 0 spiro atoms. The zero-order chi connectivity index (χ0) is 17.0. The standard InChI is InChI=1S/C18H21F2NOS/c1-12(6-7-13-8-9-14(19)15(20)11-13)21-17(22)18(2,3)16-5-4-10-23-16/h4-5,8-12H,6-7H2,1-3H3,(H,21,22). The smallest absolute Gasteiger partial charge is 0.231 e. The fraction of sp³-hybridized carbons (Fsp3) is 0.389. The number of aryl methyl sites for hydroxylation is 1. The molecule has 0 fully saturated rings. The second-order valence-electron chi connectivity index (χ2n) is 6.26. The highest BCUT2D eigenvalue weighted by molar-refractivity contribution is 7.10. The van der Waals surface area contributed by atoms with Gasteiger partial charge in [-0.3, -0.25) is 4.79 Å². The third kappa shape index (κ3) is 4.38. The molecule has 1 aromatic carbocycles. The Morgan fingerprint density at radius 2 is 2.00 bits per heavy atom. The molecular weight excluding hydrogens is 316 g/mol. The van der Waals surface area contributed by atoms with Crippen LogP contribution in [-0.4, -0.2) is 11.9 Å². The first-order valence-corrected chi connectivity index (χ1v) is 8.47. The number of amides is 1. The van der Waals surface area contributed by atoms with Crippen molar-refractivity contribution in [3.8, 4) is 0 Å². The maximum Gasteiger partial charge on any atom is 0.231 e. The molecular formula is C18H21F2NOS. The summed E-state index contributed by atoms with van der Waals surface area (Å²) >= 11 is 1.56. The Morgan fingerprint density at radius 3 is 2.61 bits per heavy atom. The van der Waals surface area contributed by atoms with E-state index in [1.54, 1.807) is 17.4 Å². The quantitative estimate of drug-likeness (QED) is 0.829. The van der Waals surface area contributed by atoms with Crippen LogP contribution in [0.15, 0.2) is 35.7 Å². The molecule has 5 heteroatoms. The minimum absolute atomic E-state index is 0.0299. The van der Waals surface area contributed by atoms with E-state index in [4.69, 9.17) is 0 Å². The summed E-state index contributed by atoms with van der Waals surface area (Å²) in [5.74, 6) is -1.71. The molecule has 0 radical (unpaired) electrons. The Kier molecular flexibility index (Phi) is 5.52. The summed E-state index contributed by atoms with van der Waals surface area (Å²) in [5, 5.41) is 4.96. The summed E-state index contributed by atoms with van der Waals surface area (Å²) < 4.78 is 26.1. The average Bonchev–Trinajstić information content (AvgIpc) is 3.03. The van der Waals surface area contributed by atoms with Crippen molar-refractivity contribution in [1.82, 2.24) is 5.32 Å². The van der Waals surface area contributed by atoms with Crippen molar-refractivity contribution in [3.63, 3.8) is 0 Å². The van der Waals surface area contributed by atoms with Gasteiger partial charge in [-0.15, -0.1) is 11.3 Å². The highest BCUT2D eigenvalue weighted by Gasteiger charge is 2.31. The molecule has 0 aliphatic rings. The molecule has 1 unspecified atom stereocenters. The maximum atomic E-state index is 13.2. The zero-order valence-corrected chi connectivity index (χ0v) is 14.3. The normalized spacial score (nSPS) is 12.9. The first-order chi connectivity index (χ1) is 10.8. The van der Waals surface area contributed by atoms with Gasteiger partial charge in [0.05, 0.1) is 5.41 Å². The lowest BCUT2D eigenvalue weighted by atomic mass is 9.90. The molecule has 0 saturated carbocycles. The Balaban J connectivity index is 1.90. The van der Waals surface area contributed by atoms with Crippen molar-refractivity contribution in [2.24, 2.45) is 0 Å². The number of hydrogen-bond donors (Lipinski definition) is 1. The Labute approximate surface area is 139 Å². The van der Waals surface area contributed by atoms with Crippen LogP contribution in [0, 0.1) is 11.6 Å². The van der Waals surface area contributed by atoms with Gasteiger partial charge in [0.2, 0.25) is 5.91 Å². The van der Waals surface area contributed by atoms with Crippen LogP contribution < -0.4 is 5.32 Å². The Bertz CT molecular complexity index is 668. The van der Waals surface area contributed by atoms with Crippen LogP contribution >= 0.6 is 11.3 Å².